The molecule has 10 heteroatoms. The van der Waals surface area contributed by atoms with Crippen molar-refractivity contribution in [2.24, 2.45) is 0 Å². The van der Waals surface area contributed by atoms with E-state index in [-0.39, 0.29) is 24.0 Å². The second-order valence-electron chi connectivity index (χ2n) is 12.9. The maximum absolute atomic E-state index is 12.9. The van der Waals surface area contributed by atoms with Gasteiger partial charge < -0.3 is 29.2 Å². The molecular weight excluding hydrogens is 576 g/mol. The minimum Gasteiger partial charge on any atom is -0.497 e. The van der Waals surface area contributed by atoms with Crippen LogP contribution in [0.25, 0.3) is 27.5 Å². The zero-order chi connectivity index (χ0) is 30.7. The summed E-state index contributed by atoms with van der Waals surface area (Å²) in [5.41, 5.74) is 7.84. The summed E-state index contributed by atoms with van der Waals surface area (Å²) in [6.07, 6.45) is 4.49. The highest BCUT2D eigenvalue weighted by Crippen LogP contribution is 2.50. The molecule has 0 spiro atoms. The highest BCUT2D eigenvalue weighted by molar-refractivity contribution is 7.15. The molecule has 0 radical (unpaired) electrons. The predicted octanol–water partition coefficient (Wildman–Crippen LogP) is 6.05. The van der Waals surface area contributed by atoms with Crippen molar-refractivity contribution in [3.63, 3.8) is 0 Å². The van der Waals surface area contributed by atoms with Gasteiger partial charge in [0.25, 0.3) is 0 Å². The summed E-state index contributed by atoms with van der Waals surface area (Å²) in [5.74, 6) is 3.17. The van der Waals surface area contributed by atoms with Gasteiger partial charge >= 0.3 is 10.9 Å². The molecule has 1 atom stereocenters. The summed E-state index contributed by atoms with van der Waals surface area (Å²) in [6.45, 7) is 9.08. The van der Waals surface area contributed by atoms with E-state index in [4.69, 9.17) is 18.9 Å². The van der Waals surface area contributed by atoms with Crippen LogP contribution in [0, 0.1) is 0 Å². The number of carbonyl (C=O) groups is 1. The lowest BCUT2D eigenvalue weighted by Gasteiger charge is -2.38. The Morgan fingerprint density at radius 3 is 2.61 bits per heavy atom. The summed E-state index contributed by atoms with van der Waals surface area (Å²) >= 11 is 1.65. The Balaban J connectivity index is 1.58. The Morgan fingerprint density at radius 2 is 1.89 bits per heavy atom. The van der Waals surface area contributed by atoms with E-state index in [2.05, 4.69) is 51.4 Å². The number of nitrogens with one attached hydrogen (secondary N) is 1. The lowest BCUT2D eigenvalue weighted by molar-refractivity contribution is -0.684. The topological polar surface area (TPSA) is 77.6 Å². The highest BCUT2D eigenvalue weighted by Gasteiger charge is 2.43. The smallest absolute Gasteiger partial charge is 0.348 e. The Morgan fingerprint density at radius 1 is 1.09 bits per heavy atom. The predicted molar refractivity (Wildman–Crippen MR) is 173 cm³/mol. The van der Waals surface area contributed by atoms with E-state index in [0.717, 1.165) is 89.3 Å². The van der Waals surface area contributed by atoms with Crippen molar-refractivity contribution in [2.45, 2.75) is 64.5 Å². The molecule has 0 saturated carbocycles. The van der Waals surface area contributed by atoms with Gasteiger partial charge in [0.1, 0.15) is 29.9 Å². The van der Waals surface area contributed by atoms with Gasteiger partial charge in [0, 0.05) is 35.3 Å². The second-order valence-corrected chi connectivity index (χ2v) is 13.8. The lowest BCUT2D eigenvalue weighted by Crippen LogP contribution is -2.43. The number of benzene rings is 2. The summed E-state index contributed by atoms with van der Waals surface area (Å²) in [6, 6.07) is 7.98. The van der Waals surface area contributed by atoms with E-state index in [0.29, 0.717) is 6.61 Å². The Labute approximate surface area is 262 Å². The monoisotopic (exact) mass is 617 g/mol. The first-order valence-electron chi connectivity index (χ1n) is 15.4. The number of carbonyl (C=O) groups excluding carboxylic acids is 1. The van der Waals surface area contributed by atoms with Crippen molar-refractivity contribution >= 4 is 33.8 Å². The van der Waals surface area contributed by atoms with Gasteiger partial charge in [0.05, 0.1) is 38.9 Å². The summed E-state index contributed by atoms with van der Waals surface area (Å²) in [7, 11) is 4.83. The molecule has 3 aliphatic heterocycles. The summed E-state index contributed by atoms with van der Waals surface area (Å²) in [4.78, 5) is 16.4. The number of anilines is 2. The number of fused-ring (bicyclic) bond motifs is 6. The number of rotatable bonds is 6. The molecule has 5 heterocycles. The van der Waals surface area contributed by atoms with Gasteiger partial charge in [-0.1, -0.05) is 11.3 Å². The molecule has 3 aliphatic rings. The van der Waals surface area contributed by atoms with Crippen LogP contribution in [0.15, 0.2) is 29.6 Å². The molecule has 2 aromatic heterocycles. The van der Waals surface area contributed by atoms with Crippen LogP contribution in [0.2, 0.25) is 0 Å². The van der Waals surface area contributed by atoms with Gasteiger partial charge in [-0.05, 0) is 76.3 Å². The molecule has 1 unspecified atom stereocenters. The highest BCUT2D eigenvalue weighted by atomic mass is 32.1. The molecule has 44 heavy (non-hydrogen) atoms. The fraction of sp³-hybridized carbons (Fsp3) is 0.471. The minimum absolute atomic E-state index is 0.202. The fourth-order valence-corrected chi connectivity index (χ4v) is 8.23. The lowest BCUT2D eigenvalue weighted by atomic mass is 9.88. The van der Waals surface area contributed by atoms with E-state index in [1.807, 2.05) is 18.2 Å². The number of aromatic nitrogens is 2. The number of hydrogen-bond donors (Lipinski definition) is 1. The number of esters is 1. The van der Waals surface area contributed by atoms with Crippen LogP contribution < -0.4 is 29.0 Å². The van der Waals surface area contributed by atoms with E-state index in [1.54, 1.807) is 25.6 Å². The average Bonchev–Trinajstić information content (AvgIpc) is 3.52. The third-order valence-electron chi connectivity index (χ3n) is 8.92. The quantitative estimate of drug-likeness (QED) is 0.209. The van der Waals surface area contributed by atoms with Crippen LogP contribution in [0.5, 0.6) is 17.2 Å². The van der Waals surface area contributed by atoms with Crippen LogP contribution >= 0.6 is 11.3 Å². The van der Waals surface area contributed by atoms with E-state index in [9.17, 15) is 4.79 Å². The zero-order valence-corrected chi connectivity index (χ0v) is 27.2. The maximum atomic E-state index is 12.9. The molecule has 1 N–H and O–H groups in total. The van der Waals surface area contributed by atoms with Crippen molar-refractivity contribution in [3.05, 3.63) is 40.8 Å². The van der Waals surface area contributed by atoms with Gasteiger partial charge in [0.15, 0.2) is 5.69 Å². The van der Waals surface area contributed by atoms with Crippen molar-refractivity contribution in [2.75, 3.05) is 51.2 Å². The van der Waals surface area contributed by atoms with Crippen LogP contribution in [0.4, 0.5) is 11.5 Å². The van der Waals surface area contributed by atoms with Gasteiger partial charge in [-0.25, -0.2) is 4.57 Å². The second kappa shape index (κ2) is 10.9. The average molecular weight is 618 g/mol. The standard InChI is InChI=1S/C34H41N4O5S/c1-34(2,3)35-32-30-25-15-20-9-7-13-36-14-8-10-23(29(20)36)31(25)43-18-21(16-28(39)42-6)37(30)33-38(32)26(19-44-33)24-17-22(40-4)11-12-27(24)41-5/h11-12,15,17,19,21,35H,7-10,13-14,16,18H2,1-6H3/q+1. The van der Waals surface area contributed by atoms with E-state index >= 15 is 0 Å². The van der Waals surface area contributed by atoms with Crippen LogP contribution in [0.3, 0.4) is 0 Å². The first kappa shape index (κ1) is 28.8. The first-order chi connectivity index (χ1) is 21.2. The first-order valence-corrected chi connectivity index (χ1v) is 16.3. The fourth-order valence-electron chi connectivity index (χ4n) is 7.13. The van der Waals surface area contributed by atoms with Crippen molar-refractivity contribution in [3.8, 4) is 39.8 Å². The molecule has 0 bridgehead atoms. The molecule has 9 nitrogen and oxygen atoms in total. The Hall–Kier alpha value is -3.92. The molecule has 0 fully saturated rings. The van der Waals surface area contributed by atoms with Crippen LogP contribution in [-0.4, -0.2) is 56.9 Å². The van der Waals surface area contributed by atoms with Crippen molar-refractivity contribution in [1.29, 1.82) is 0 Å². The minimum atomic E-state index is -0.266. The van der Waals surface area contributed by atoms with Gasteiger partial charge in [-0.15, -0.1) is 0 Å². The number of aryl methyl sites for hydroxylation is 1. The molecule has 0 aliphatic carbocycles. The number of ether oxygens (including phenoxy) is 4. The molecule has 7 rings (SSSR count). The largest absolute Gasteiger partial charge is 0.497 e. The Kier molecular flexibility index (Phi) is 7.15. The van der Waals surface area contributed by atoms with Crippen LogP contribution in [-0.2, 0) is 22.4 Å². The van der Waals surface area contributed by atoms with Gasteiger partial charge in [-0.3, -0.25) is 4.79 Å². The normalized spacial score (nSPS) is 17.2. The van der Waals surface area contributed by atoms with Crippen molar-refractivity contribution < 1.29 is 28.3 Å². The molecular formula is C34H41N4O5S+. The third-order valence-corrected chi connectivity index (χ3v) is 9.85. The summed E-state index contributed by atoms with van der Waals surface area (Å²) in [5, 5.41) is 6.04. The number of hydrogen-bond acceptors (Lipinski definition) is 8. The van der Waals surface area contributed by atoms with Crippen molar-refractivity contribution in [1.82, 2.24) is 4.40 Å². The number of thiazole rings is 1. The number of nitrogens with zero attached hydrogens (tertiary/aromatic N) is 3. The molecule has 232 valence electrons. The van der Waals surface area contributed by atoms with E-state index in [1.165, 1.54) is 23.9 Å². The SMILES string of the molecule is COC(=O)CC1COc2c(cc3c4c2CCCN4CCC3)-c2c(NC(C)(C)C)n3c(-c4cc(OC)ccc4OC)csc3[n+]21. The molecule has 4 aromatic rings. The Bertz CT molecular complexity index is 1770. The van der Waals surface area contributed by atoms with E-state index < -0.39 is 0 Å². The maximum Gasteiger partial charge on any atom is 0.348 e. The molecule has 0 saturated heterocycles. The molecule has 2 aromatic carbocycles. The van der Waals surface area contributed by atoms with Crippen LogP contribution in [0.1, 0.15) is 57.2 Å². The number of methoxy groups -OCH3 is 3. The zero-order valence-electron chi connectivity index (χ0n) is 26.4. The third kappa shape index (κ3) is 4.65. The van der Waals surface area contributed by atoms with Gasteiger partial charge in [0.2, 0.25) is 11.5 Å². The van der Waals surface area contributed by atoms with Gasteiger partial charge in [-0.2, -0.15) is 4.40 Å². The summed E-state index contributed by atoms with van der Waals surface area (Å²) < 4.78 is 28.1. The number of imidazole rings is 1. The molecule has 0 amide bonds.